The van der Waals surface area contributed by atoms with E-state index in [1.807, 2.05) is 21.1 Å². The third-order valence-corrected chi connectivity index (χ3v) is 10.3. The maximum atomic E-state index is 12.7. The van der Waals surface area contributed by atoms with Gasteiger partial charge < -0.3 is 27.9 Å². The minimum absolute atomic E-state index is 0.0213. The highest BCUT2D eigenvalue weighted by Gasteiger charge is 2.20. The highest BCUT2D eigenvalue weighted by Crippen LogP contribution is 2.38. The van der Waals surface area contributed by atoms with E-state index in [2.05, 4.69) is 62.5 Å². The summed E-state index contributed by atoms with van der Waals surface area (Å²) in [6.07, 6.45) is 46.9. The number of likely N-dealkylation sites (N-methyl/N-ethyl adjacent to an activating group) is 1. The Morgan fingerprint density at radius 1 is 0.564 bits per heavy atom. The van der Waals surface area contributed by atoms with Crippen molar-refractivity contribution >= 4 is 13.8 Å². The van der Waals surface area contributed by atoms with Crippen molar-refractivity contribution in [3.05, 3.63) is 48.6 Å². The average Bonchev–Trinajstić information content (AvgIpc) is 3.13. The molecule has 0 heterocycles. The molecule has 2 atom stereocenters. The maximum absolute atomic E-state index is 12.7. The van der Waals surface area contributed by atoms with E-state index in [0.29, 0.717) is 24.1 Å². The summed E-state index contributed by atoms with van der Waals surface area (Å²) in [5.41, 5.74) is 0. The standard InChI is InChI=1S/C46H86NO7P/c1-6-8-10-12-14-16-18-20-21-22-23-24-25-26-28-30-32-34-36-38-41-51-43-45(44-53-55(49,50)52-42-40-47(3,4)5)54-46(48)39-37-35-33-31-29-27-19-17-15-13-11-9-7-2/h11,13-14,16-17,19-21,45H,6-10,12,15,18,22-44H2,1-5H3/b13-11-,16-14-,19-17-,21-20-. The average molecular weight is 796 g/mol. The number of quaternary nitrogens is 1. The number of phosphoric acid groups is 1. The molecule has 2 unspecified atom stereocenters. The normalized spacial score (nSPS) is 14.2. The number of ether oxygens (including phenoxy) is 2. The van der Waals surface area contributed by atoms with Crippen LogP contribution in [0.5, 0.6) is 0 Å². The van der Waals surface area contributed by atoms with Gasteiger partial charge in [0, 0.05) is 13.0 Å². The van der Waals surface area contributed by atoms with Crippen LogP contribution < -0.4 is 4.89 Å². The molecule has 322 valence electrons. The van der Waals surface area contributed by atoms with Gasteiger partial charge in [-0.3, -0.25) is 9.36 Å². The van der Waals surface area contributed by atoms with Gasteiger partial charge in [-0.05, 0) is 70.6 Å². The molecule has 0 spiro atoms. The molecule has 0 saturated heterocycles. The van der Waals surface area contributed by atoms with Crippen LogP contribution in [0, 0.1) is 0 Å². The SMILES string of the molecule is CCC/C=C\C/C=C\CCCCCCCC(=O)OC(COCCCCCCCCCCCC/C=C\C/C=C\CCCCC)COP(=O)([O-])OCC[N+](C)(C)C. The first-order valence-electron chi connectivity index (χ1n) is 22.4. The van der Waals surface area contributed by atoms with Crippen molar-refractivity contribution in [2.24, 2.45) is 0 Å². The molecule has 8 nitrogen and oxygen atoms in total. The maximum Gasteiger partial charge on any atom is 0.306 e. The third-order valence-electron chi connectivity index (χ3n) is 9.33. The largest absolute Gasteiger partial charge is 0.756 e. The number of allylic oxidation sites excluding steroid dienone is 8. The summed E-state index contributed by atoms with van der Waals surface area (Å²) < 4.78 is 34.6. The number of hydrogen-bond donors (Lipinski definition) is 0. The van der Waals surface area contributed by atoms with Gasteiger partial charge in [0.25, 0.3) is 7.82 Å². The highest BCUT2D eigenvalue weighted by atomic mass is 31.2. The molecule has 0 N–H and O–H groups in total. The molecule has 0 aliphatic heterocycles. The van der Waals surface area contributed by atoms with Crippen molar-refractivity contribution in [1.29, 1.82) is 0 Å². The first-order chi connectivity index (χ1) is 26.6. The summed E-state index contributed by atoms with van der Waals surface area (Å²) in [6, 6.07) is 0. The predicted molar refractivity (Wildman–Crippen MR) is 231 cm³/mol. The van der Waals surface area contributed by atoms with Gasteiger partial charge in [-0.1, -0.05) is 152 Å². The van der Waals surface area contributed by atoms with E-state index in [9.17, 15) is 14.3 Å². The molecule has 0 aromatic carbocycles. The Labute approximate surface area is 339 Å². The Balaban J connectivity index is 4.20. The number of rotatable bonds is 41. The van der Waals surface area contributed by atoms with Crippen molar-refractivity contribution in [1.82, 2.24) is 0 Å². The zero-order valence-corrected chi connectivity index (χ0v) is 37.3. The van der Waals surface area contributed by atoms with Gasteiger partial charge in [0.2, 0.25) is 0 Å². The second-order valence-corrected chi connectivity index (χ2v) is 17.5. The smallest absolute Gasteiger partial charge is 0.306 e. The minimum Gasteiger partial charge on any atom is -0.756 e. The van der Waals surface area contributed by atoms with Crippen LogP contribution in [0.4, 0.5) is 0 Å². The van der Waals surface area contributed by atoms with Gasteiger partial charge in [0.15, 0.2) is 0 Å². The zero-order chi connectivity index (χ0) is 40.6. The predicted octanol–water partition coefficient (Wildman–Crippen LogP) is 12.5. The molecule has 0 bridgehead atoms. The number of carbonyl (C=O) groups is 1. The van der Waals surface area contributed by atoms with Crippen LogP contribution in [0.1, 0.15) is 181 Å². The fourth-order valence-corrected chi connectivity index (χ4v) is 6.58. The van der Waals surface area contributed by atoms with Crippen LogP contribution in [-0.4, -0.2) is 70.7 Å². The lowest BCUT2D eigenvalue weighted by molar-refractivity contribution is -0.870. The zero-order valence-electron chi connectivity index (χ0n) is 36.4. The summed E-state index contributed by atoms with van der Waals surface area (Å²) in [5, 5.41) is 0. The molecular formula is C46H86NO7P. The number of hydrogen-bond acceptors (Lipinski definition) is 7. The van der Waals surface area contributed by atoms with Crippen molar-refractivity contribution < 1.29 is 37.3 Å². The van der Waals surface area contributed by atoms with Gasteiger partial charge in [0.05, 0.1) is 34.4 Å². The van der Waals surface area contributed by atoms with Crippen LogP contribution in [0.15, 0.2) is 48.6 Å². The minimum atomic E-state index is -4.53. The number of esters is 1. The number of phosphoric ester groups is 1. The Kier molecular flexibility index (Phi) is 38.2. The molecule has 55 heavy (non-hydrogen) atoms. The van der Waals surface area contributed by atoms with E-state index in [0.717, 1.165) is 70.6 Å². The summed E-state index contributed by atoms with van der Waals surface area (Å²) in [6.45, 7) is 5.30. The molecule has 0 fully saturated rings. The third kappa shape index (κ3) is 43.4. The lowest BCUT2D eigenvalue weighted by Crippen LogP contribution is -2.37. The van der Waals surface area contributed by atoms with Crippen LogP contribution in [0.25, 0.3) is 0 Å². The van der Waals surface area contributed by atoms with Gasteiger partial charge in [-0.25, -0.2) is 0 Å². The Morgan fingerprint density at radius 3 is 1.55 bits per heavy atom. The summed E-state index contributed by atoms with van der Waals surface area (Å²) in [7, 11) is 1.34. The topological polar surface area (TPSA) is 94.1 Å². The van der Waals surface area contributed by atoms with Crippen LogP contribution in [-0.2, 0) is 27.9 Å². The van der Waals surface area contributed by atoms with E-state index in [-0.39, 0.29) is 25.8 Å². The molecule has 0 amide bonds. The molecule has 0 aromatic heterocycles. The van der Waals surface area contributed by atoms with Gasteiger partial charge in [-0.2, -0.15) is 0 Å². The van der Waals surface area contributed by atoms with Gasteiger partial charge >= 0.3 is 5.97 Å². The van der Waals surface area contributed by atoms with Gasteiger partial charge in [0.1, 0.15) is 19.3 Å². The molecule has 9 heteroatoms. The van der Waals surface area contributed by atoms with Crippen molar-refractivity contribution in [3.8, 4) is 0 Å². The summed E-state index contributed by atoms with van der Waals surface area (Å²) >= 11 is 0. The molecule has 0 saturated carbocycles. The lowest BCUT2D eigenvalue weighted by Gasteiger charge is -2.28. The fraction of sp³-hybridized carbons (Fsp3) is 0.804. The van der Waals surface area contributed by atoms with E-state index in [1.54, 1.807) is 0 Å². The van der Waals surface area contributed by atoms with Crippen LogP contribution in [0.2, 0.25) is 0 Å². The van der Waals surface area contributed by atoms with Crippen molar-refractivity contribution in [2.75, 3.05) is 54.1 Å². The fourth-order valence-electron chi connectivity index (χ4n) is 5.85. The highest BCUT2D eigenvalue weighted by molar-refractivity contribution is 7.45. The Morgan fingerprint density at radius 2 is 1.04 bits per heavy atom. The molecule has 0 radical (unpaired) electrons. The second-order valence-electron chi connectivity index (χ2n) is 16.0. The second kappa shape index (κ2) is 39.3. The van der Waals surface area contributed by atoms with E-state index in [1.165, 1.54) is 89.9 Å². The lowest BCUT2D eigenvalue weighted by atomic mass is 10.1. The van der Waals surface area contributed by atoms with Gasteiger partial charge in [-0.15, -0.1) is 0 Å². The number of nitrogens with zero attached hydrogens (tertiary/aromatic N) is 1. The van der Waals surface area contributed by atoms with Crippen LogP contribution >= 0.6 is 7.82 Å². The number of carbonyl (C=O) groups excluding carboxylic acids is 1. The Hall–Kier alpha value is -1.54. The van der Waals surface area contributed by atoms with Crippen LogP contribution in [0.3, 0.4) is 0 Å². The first kappa shape index (κ1) is 53.5. The number of unbranched alkanes of at least 4 members (excludes halogenated alkanes) is 19. The summed E-state index contributed by atoms with van der Waals surface area (Å²) in [5.74, 6) is -0.351. The molecular weight excluding hydrogens is 709 g/mol. The van der Waals surface area contributed by atoms with E-state index >= 15 is 0 Å². The molecule has 0 aliphatic rings. The van der Waals surface area contributed by atoms with Crippen molar-refractivity contribution in [3.63, 3.8) is 0 Å². The van der Waals surface area contributed by atoms with E-state index in [4.69, 9.17) is 18.5 Å². The monoisotopic (exact) mass is 796 g/mol. The summed E-state index contributed by atoms with van der Waals surface area (Å²) in [4.78, 5) is 25.0. The molecule has 0 rings (SSSR count). The molecule has 0 aromatic rings. The van der Waals surface area contributed by atoms with Crippen molar-refractivity contribution in [2.45, 2.75) is 187 Å². The first-order valence-corrected chi connectivity index (χ1v) is 23.8. The Bertz CT molecular complexity index is 1020. The molecule has 0 aliphatic carbocycles. The quantitative estimate of drug-likeness (QED) is 0.0200. The van der Waals surface area contributed by atoms with E-state index < -0.39 is 13.9 Å².